The first-order chi connectivity index (χ1) is 10.5. The molecule has 0 aromatic rings. The van der Waals surface area contributed by atoms with Gasteiger partial charge in [0.15, 0.2) is 0 Å². The van der Waals surface area contributed by atoms with Crippen molar-refractivity contribution in [3.63, 3.8) is 0 Å². The van der Waals surface area contributed by atoms with Crippen molar-refractivity contribution < 1.29 is 13.6 Å². The Morgan fingerprint density at radius 1 is 1.14 bits per heavy atom. The van der Waals surface area contributed by atoms with Gasteiger partial charge in [-0.05, 0) is 25.7 Å². The van der Waals surface area contributed by atoms with Crippen LogP contribution in [0.1, 0.15) is 38.5 Å². The average Bonchev–Trinajstić information content (AvgIpc) is 2.50. The Morgan fingerprint density at radius 3 is 2.32 bits per heavy atom. The Bertz CT molecular complexity index is 355. The number of halogens is 3. The van der Waals surface area contributed by atoms with Crippen LogP contribution in [0.15, 0.2) is 0 Å². The molecule has 1 saturated heterocycles. The number of rotatable bonds is 5. The lowest BCUT2D eigenvalue weighted by molar-refractivity contribution is -0.0546. The number of nitrogens with one attached hydrogen (secondary N) is 3. The van der Waals surface area contributed by atoms with Crippen molar-refractivity contribution in [1.29, 1.82) is 0 Å². The molecule has 0 atom stereocenters. The molecule has 0 aromatic carbocycles. The summed E-state index contributed by atoms with van der Waals surface area (Å²) in [6.45, 7) is 1.95. The van der Waals surface area contributed by atoms with Crippen LogP contribution >= 0.6 is 22.9 Å². The van der Waals surface area contributed by atoms with Crippen molar-refractivity contribution in [2.45, 2.75) is 56.5 Å². The molecule has 5 nitrogen and oxygen atoms in total. The van der Waals surface area contributed by atoms with Crippen molar-refractivity contribution in [1.82, 2.24) is 19.1 Å². The summed E-state index contributed by atoms with van der Waals surface area (Å²) in [6.07, 6.45) is 4.00. The second-order valence-electron chi connectivity index (χ2n) is 6.26. The quantitative estimate of drug-likeness (QED) is 0.464. The predicted molar refractivity (Wildman–Crippen MR) is 90.4 cm³/mol. The van der Waals surface area contributed by atoms with Crippen molar-refractivity contribution >= 4 is 28.9 Å². The summed E-state index contributed by atoms with van der Waals surface area (Å²) in [5.41, 5.74) is 0. The molecule has 22 heavy (non-hydrogen) atoms. The normalized spacial score (nSPS) is 29.0. The van der Waals surface area contributed by atoms with Crippen molar-refractivity contribution in [2.75, 3.05) is 26.2 Å². The second kappa shape index (κ2) is 8.58. The average molecular weight is 430 g/mol. The third-order valence-corrected chi connectivity index (χ3v) is 5.40. The van der Waals surface area contributed by atoms with E-state index in [0.29, 0.717) is 32.2 Å². The highest BCUT2D eigenvalue weighted by Gasteiger charge is 2.33. The van der Waals surface area contributed by atoms with E-state index in [1.165, 1.54) is 0 Å². The van der Waals surface area contributed by atoms with Gasteiger partial charge >= 0.3 is 6.03 Å². The van der Waals surface area contributed by atoms with E-state index >= 15 is 0 Å². The fraction of sp³-hybridized carbons (Fsp3) is 0.929. The molecular formula is C14H25F2IN4O. The van der Waals surface area contributed by atoms with Gasteiger partial charge in [-0.15, -0.1) is 0 Å². The molecule has 1 aliphatic heterocycles. The summed E-state index contributed by atoms with van der Waals surface area (Å²) in [6, 6.07) is 0.654. The van der Waals surface area contributed by atoms with Crippen LogP contribution in [-0.4, -0.2) is 55.1 Å². The SMILES string of the molecule is O=C(NCCN1CCC(F)(F)CC1)NC1CCC(NI)CC1. The second-order valence-corrected chi connectivity index (χ2v) is 6.88. The Labute approximate surface area is 144 Å². The number of alkyl halides is 2. The van der Waals surface area contributed by atoms with Crippen LogP contribution in [0.4, 0.5) is 13.6 Å². The molecule has 1 saturated carbocycles. The zero-order chi connectivity index (χ0) is 16.0. The lowest BCUT2D eigenvalue weighted by atomic mass is 9.92. The molecule has 3 N–H and O–H groups in total. The third-order valence-electron chi connectivity index (χ3n) is 4.52. The van der Waals surface area contributed by atoms with Gasteiger partial charge in [0.1, 0.15) is 0 Å². The maximum absolute atomic E-state index is 13.0. The zero-order valence-corrected chi connectivity index (χ0v) is 14.9. The Kier molecular flexibility index (Phi) is 7.07. The molecular weight excluding hydrogens is 405 g/mol. The Morgan fingerprint density at radius 2 is 1.73 bits per heavy atom. The minimum absolute atomic E-state index is 0.0761. The van der Waals surface area contributed by atoms with Crippen molar-refractivity contribution in [3.8, 4) is 0 Å². The smallest absolute Gasteiger partial charge is 0.315 e. The van der Waals surface area contributed by atoms with Crippen LogP contribution in [0.2, 0.25) is 0 Å². The van der Waals surface area contributed by atoms with Gasteiger partial charge in [-0.3, -0.25) is 3.53 Å². The topological polar surface area (TPSA) is 56.4 Å². The highest BCUT2D eigenvalue weighted by molar-refractivity contribution is 14.1. The number of carbonyl (C=O) groups is 1. The van der Waals surface area contributed by atoms with Gasteiger partial charge < -0.3 is 15.5 Å². The fourth-order valence-electron chi connectivity index (χ4n) is 3.01. The minimum atomic E-state index is -2.51. The van der Waals surface area contributed by atoms with Gasteiger partial charge in [0.05, 0.1) is 0 Å². The molecule has 1 aliphatic carbocycles. The lowest BCUT2D eigenvalue weighted by Gasteiger charge is -2.31. The first kappa shape index (κ1) is 18.1. The molecule has 0 radical (unpaired) electrons. The minimum Gasteiger partial charge on any atom is -0.337 e. The Balaban J connectivity index is 1.55. The predicted octanol–water partition coefficient (Wildman–Crippen LogP) is 2.27. The van der Waals surface area contributed by atoms with Gasteiger partial charge in [0.25, 0.3) is 5.92 Å². The monoisotopic (exact) mass is 430 g/mol. The molecule has 0 aromatic heterocycles. The summed E-state index contributed by atoms with van der Waals surface area (Å²) >= 11 is 2.18. The standard InChI is InChI=1S/C14H25F2IN4O/c15-14(16)5-8-21(9-6-14)10-7-18-13(22)19-11-1-3-12(20-17)4-2-11/h11-12,20H,1-10H2,(H2,18,19,22). The maximum Gasteiger partial charge on any atom is 0.315 e. The van der Waals surface area contributed by atoms with Crippen LogP contribution < -0.4 is 14.2 Å². The van der Waals surface area contributed by atoms with Crippen LogP contribution in [0.5, 0.6) is 0 Å². The Hall–Kier alpha value is -0.220. The van der Waals surface area contributed by atoms with Gasteiger partial charge in [-0.25, -0.2) is 13.6 Å². The van der Waals surface area contributed by atoms with E-state index in [4.69, 9.17) is 0 Å². The summed E-state index contributed by atoms with van der Waals surface area (Å²) in [5, 5.41) is 5.82. The van der Waals surface area contributed by atoms with Crippen LogP contribution in [-0.2, 0) is 0 Å². The molecule has 2 fully saturated rings. The fourth-order valence-corrected chi connectivity index (χ4v) is 3.64. The molecule has 128 valence electrons. The number of likely N-dealkylation sites (tertiary alicyclic amines) is 1. The first-order valence-electron chi connectivity index (χ1n) is 7.99. The molecule has 2 rings (SSSR count). The summed E-state index contributed by atoms with van der Waals surface area (Å²) in [4.78, 5) is 13.8. The van der Waals surface area contributed by atoms with E-state index in [-0.39, 0.29) is 24.9 Å². The number of hydrogen-bond acceptors (Lipinski definition) is 3. The van der Waals surface area contributed by atoms with E-state index in [9.17, 15) is 13.6 Å². The third kappa shape index (κ3) is 6.11. The van der Waals surface area contributed by atoms with Crippen LogP contribution in [0, 0.1) is 0 Å². The van der Waals surface area contributed by atoms with Crippen molar-refractivity contribution in [2.24, 2.45) is 0 Å². The highest BCUT2D eigenvalue weighted by atomic mass is 127. The number of piperidine rings is 1. The number of urea groups is 1. The number of carbonyl (C=O) groups excluding carboxylic acids is 1. The first-order valence-corrected chi connectivity index (χ1v) is 9.07. The molecule has 2 aliphatic rings. The molecule has 2 amide bonds. The lowest BCUT2D eigenvalue weighted by Crippen LogP contribution is -2.48. The molecule has 0 bridgehead atoms. The van der Waals surface area contributed by atoms with Crippen LogP contribution in [0.25, 0.3) is 0 Å². The number of hydrogen-bond donors (Lipinski definition) is 3. The van der Waals surface area contributed by atoms with Gasteiger partial charge in [-0.2, -0.15) is 0 Å². The van der Waals surface area contributed by atoms with Gasteiger partial charge in [-0.1, -0.05) is 0 Å². The summed E-state index contributed by atoms with van der Waals surface area (Å²) < 4.78 is 29.3. The molecule has 0 unspecified atom stereocenters. The summed E-state index contributed by atoms with van der Waals surface area (Å²) in [5.74, 6) is -2.51. The maximum atomic E-state index is 13.0. The van der Waals surface area contributed by atoms with E-state index in [2.05, 4.69) is 37.0 Å². The van der Waals surface area contributed by atoms with E-state index in [1.54, 1.807) is 0 Å². The molecule has 1 heterocycles. The van der Waals surface area contributed by atoms with E-state index < -0.39 is 5.92 Å². The van der Waals surface area contributed by atoms with Gasteiger partial charge in [0, 0.05) is 74.0 Å². The van der Waals surface area contributed by atoms with E-state index in [1.807, 2.05) is 4.90 Å². The van der Waals surface area contributed by atoms with Gasteiger partial charge in [0.2, 0.25) is 0 Å². The summed E-state index contributed by atoms with van der Waals surface area (Å²) in [7, 11) is 0. The zero-order valence-electron chi connectivity index (χ0n) is 12.7. The van der Waals surface area contributed by atoms with Crippen LogP contribution in [0.3, 0.4) is 0 Å². The number of amides is 2. The van der Waals surface area contributed by atoms with Crippen molar-refractivity contribution in [3.05, 3.63) is 0 Å². The van der Waals surface area contributed by atoms with E-state index in [0.717, 1.165) is 25.7 Å². The molecule has 8 heteroatoms. The molecule has 0 spiro atoms. The number of nitrogens with zero attached hydrogens (tertiary/aromatic N) is 1. The largest absolute Gasteiger partial charge is 0.337 e. The highest BCUT2D eigenvalue weighted by Crippen LogP contribution is 2.27.